The van der Waals surface area contributed by atoms with Crippen molar-refractivity contribution in [2.24, 2.45) is 0 Å². The number of nitrogens with zero attached hydrogens (tertiary/aromatic N) is 3. The summed E-state index contributed by atoms with van der Waals surface area (Å²) < 4.78 is 6.61. The number of carbonyl (C=O) groups excluding carboxylic acids is 3. The number of nitro groups is 2. The highest BCUT2D eigenvalue weighted by atomic mass is 16.6. The molecule has 0 amide bonds. The summed E-state index contributed by atoms with van der Waals surface area (Å²) in [5, 5.41) is 21.7. The minimum absolute atomic E-state index is 0.00424. The Morgan fingerprint density at radius 3 is 1.67 bits per heavy atom. The summed E-state index contributed by atoms with van der Waals surface area (Å²) in [4.78, 5) is 56.5. The molecule has 0 fully saturated rings. The van der Waals surface area contributed by atoms with Crippen molar-refractivity contribution >= 4 is 28.9 Å². The molecule has 1 heterocycles. The van der Waals surface area contributed by atoms with E-state index < -0.39 is 9.85 Å². The monoisotopic (exact) mass is 619 g/mol. The van der Waals surface area contributed by atoms with Crippen LogP contribution in [-0.2, 0) is 16.1 Å². The third kappa shape index (κ3) is 8.44. The molecule has 232 valence electrons. The maximum Gasteiger partial charge on any atom is 0.325 e. The van der Waals surface area contributed by atoms with Gasteiger partial charge < -0.3 is 9.30 Å². The van der Waals surface area contributed by atoms with Crippen LogP contribution in [0, 0.1) is 20.2 Å². The molecule has 0 aliphatic heterocycles. The van der Waals surface area contributed by atoms with E-state index in [-0.39, 0.29) is 53.9 Å². The van der Waals surface area contributed by atoms with Crippen molar-refractivity contribution in [1.29, 1.82) is 0 Å². The molecule has 0 aliphatic carbocycles. The van der Waals surface area contributed by atoms with Crippen LogP contribution in [0.3, 0.4) is 0 Å². The first-order chi connectivity index (χ1) is 22.2. The Kier molecular flexibility index (Phi) is 11.0. The fourth-order valence-corrected chi connectivity index (χ4v) is 4.66. The van der Waals surface area contributed by atoms with Crippen LogP contribution in [0.1, 0.15) is 33.6 Å². The lowest BCUT2D eigenvalue weighted by Gasteiger charge is -2.13. The molecule has 0 unspecified atom stereocenters. The van der Waals surface area contributed by atoms with Crippen molar-refractivity contribution < 1.29 is 29.0 Å². The van der Waals surface area contributed by atoms with Gasteiger partial charge in [0, 0.05) is 65.2 Å². The predicted molar refractivity (Wildman–Crippen MR) is 171 cm³/mol. The van der Waals surface area contributed by atoms with E-state index in [1.807, 2.05) is 48.5 Å². The normalized spacial score (nSPS) is 10.3. The smallest absolute Gasteiger partial charge is 0.325 e. The number of benzene rings is 4. The zero-order valence-electron chi connectivity index (χ0n) is 24.8. The lowest BCUT2D eigenvalue weighted by Crippen LogP contribution is -2.13. The van der Waals surface area contributed by atoms with Crippen LogP contribution in [0.5, 0.6) is 0 Å². The number of rotatable bonds is 11. The minimum Gasteiger partial charge on any atom is -0.468 e. The van der Waals surface area contributed by atoms with Gasteiger partial charge in [-0.15, -0.1) is 0 Å². The lowest BCUT2D eigenvalue weighted by atomic mass is 10.0. The van der Waals surface area contributed by atoms with Crippen molar-refractivity contribution in [1.82, 2.24) is 4.57 Å². The molecule has 0 N–H and O–H groups in total. The van der Waals surface area contributed by atoms with Crippen LogP contribution in [0.15, 0.2) is 121 Å². The second-order valence-corrected chi connectivity index (χ2v) is 9.96. The number of methoxy groups -OCH3 is 1. The van der Waals surface area contributed by atoms with Gasteiger partial charge >= 0.3 is 5.97 Å². The highest BCUT2D eigenvalue weighted by molar-refractivity contribution is 6.02. The summed E-state index contributed by atoms with van der Waals surface area (Å²) in [5.41, 5.74) is 3.86. The molecule has 5 aromatic rings. The van der Waals surface area contributed by atoms with Gasteiger partial charge in [0.15, 0.2) is 11.6 Å². The molecule has 0 saturated heterocycles. The molecule has 4 aromatic carbocycles. The molecule has 0 atom stereocenters. The van der Waals surface area contributed by atoms with E-state index in [1.54, 1.807) is 41.0 Å². The van der Waals surface area contributed by atoms with Crippen molar-refractivity contribution in [2.45, 2.75) is 19.4 Å². The van der Waals surface area contributed by atoms with Gasteiger partial charge in [-0.05, 0) is 17.7 Å². The summed E-state index contributed by atoms with van der Waals surface area (Å²) in [6.07, 6.45) is 0.125. The molecular formula is C35H29N3O8. The Bertz CT molecular complexity index is 1870. The van der Waals surface area contributed by atoms with Crippen LogP contribution < -0.4 is 0 Å². The molecule has 0 radical (unpaired) electrons. The summed E-state index contributed by atoms with van der Waals surface area (Å²) in [5.74, 6) is -0.780. The molecular weight excluding hydrogens is 590 g/mol. The minimum atomic E-state index is -0.550. The number of aromatic nitrogens is 1. The number of esters is 1. The number of non-ortho nitro benzene ring substituents is 2. The average molecular weight is 620 g/mol. The number of Topliss-reactive ketones (excluding diaryl/α,β-unsaturated/α-hetero) is 2. The van der Waals surface area contributed by atoms with Gasteiger partial charge in [0.25, 0.3) is 11.4 Å². The lowest BCUT2D eigenvalue weighted by molar-refractivity contribution is -0.385. The van der Waals surface area contributed by atoms with Crippen molar-refractivity contribution in [2.75, 3.05) is 7.11 Å². The highest BCUT2D eigenvalue weighted by Crippen LogP contribution is 2.31. The van der Waals surface area contributed by atoms with E-state index in [0.29, 0.717) is 16.8 Å². The number of ketones is 2. The molecule has 11 heteroatoms. The van der Waals surface area contributed by atoms with E-state index in [0.717, 1.165) is 11.3 Å². The topological polar surface area (TPSA) is 152 Å². The quantitative estimate of drug-likeness (QED) is 0.0644. The molecule has 1 aromatic heterocycles. The Labute approximate surface area is 264 Å². The first-order valence-electron chi connectivity index (χ1n) is 14.1. The largest absolute Gasteiger partial charge is 0.468 e. The Morgan fingerprint density at radius 1 is 0.609 bits per heavy atom. The average Bonchev–Trinajstić information content (AvgIpc) is 3.51. The summed E-state index contributed by atoms with van der Waals surface area (Å²) in [6, 6.07) is 34.0. The SMILES string of the molecule is COC(=O)Cn1c(-c2ccccc2)ccc1-c1cccc([N+](=O)[O-])c1.O=C(CCC(=O)c1cccc([N+](=O)[O-])c1)c1ccccc1. The fraction of sp³-hybridized carbons (Fsp3) is 0.114. The van der Waals surface area contributed by atoms with E-state index in [1.165, 1.54) is 43.5 Å². The first kappa shape index (κ1) is 32.7. The van der Waals surface area contributed by atoms with E-state index in [4.69, 9.17) is 4.74 Å². The van der Waals surface area contributed by atoms with Crippen LogP contribution in [0.2, 0.25) is 0 Å². The van der Waals surface area contributed by atoms with Gasteiger partial charge in [0.05, 0.1) is 17.0 Å². The predicted octanol–water partition coefficient (Wildman–Crippen LogP) is 7.34. The molecule has 0 spiro atoms. The molecule has 11 nitrogen and oxygen atoms in total. The van der Waals surface area contributed by atoms with Gasteiger partial charge in [-0.1, -0.05) is 84.9 Å². The van der Waals surface area contributed by atoms with Gasteiger partial charge in [-0.3, -0.25) is 34.6 Å². The molecule has 0 bridgehead atoms. The second kappa shape index (κ2) is 15.5. The zero-order valence-corrected chi connectivity index (χ0v) is 24.8. The van der Waals surface area contributed by atoms with E-state index >= 15 is 0 Å². The number of carbonyl (C=O) groups is 3. The molecule has 0 aliphatic rings. The third-order valence-corrected chi connectivity index (χ3v) is 6.97. The van der Waals surface area contributed by atoms with Gasteiger partial charge in [-0.2, -0.15) is 0 Å². The van der Waals surface area contributed by atoms with Crippen LogP contribution in [0.25, 0.3) is 22.5 Å². The molecule has 0 saturated carbocycles. The number of nitro benzene ring substituents is 2. The maximum atomic E-state index is 12.0. The zero-order chi connectivity index (χ0) is 33.1. The standard InChI is InChI=1S/C19H16N2O4.C16H13NO4/c1-25-19(22)13-20-17(14-6-3-2-4-7-14)10-11-18(20)15-8-5-9-16(12-15)21(23)24;18-15(12-5-2-1-3-6-12)9-10-16(19)13-7-4-8-14(11-13)17(20)21/h2-12H,13H2,1H3;1-8,11H,9-10H2. The number of ether oxygens (including phenoxy) is 1. The second-order valence-electron chi connectivity index (χ2n) is 9.96. The van der Waals surface area contributed by atoms with Crippen molar-refractivity contribution in [3.05, 3.63) is 153 Å². The van der Waals surface area contributed by atoms with Crippen LogP contribution in [0.4, 0.5) is 11.4 Å². The summed E-state index contributed by atoms with van der Waals surface area (Å²) >= 11 is 0. The van der Waals surface area contributed by atoms with Crippen molar-refractivity contribution in [3.8, 4) is 22.5 Å². The maximum absolute atomic E-state index is 12.0. The fourth-order valence-electron chi connectivity index (χ4n) is 4.66. The summed E-state index contributed by atoms with van der Waals surface area (Å²) in [6.45, 7) is 0.0196. The number of hydrogen-bond donors (Lipinski definition) is 0. The van der Waals surface area contributed by atoms with Gasteiger partial charge in [-0.25, -0.2) is 0 Å². The number of hydrogen-bond acceptors (Lipinski definition) is 8. The van der Waals surface area contributed by atoms with Crippen molar-refractivity contribution in [3.63, 3.8) is 0 Å². The first-order valence-corrected chi connectivity index (χ1v) is 14.1. The van der Waals surface area contributed by atoms with E-state index in [9.17, 15) is 34.6 Å². The van der Waals surface area contributed by atoms with Crippen LogP contribution >= 0.6 is 0 Å². The Hall–Kier alpha value is -6.23. The van der Waals surface area contributed by atoms with Crippen LogP contribution in [-0.4, -0.2) is 39.1 Å². The summed E-state index contributed by atoms with van der Waals surface area (Å²) in [7, 11) is 1.33. The Morgan fingerprint density at radius 2 is 1.09 bits per heavy atom. The molecule has 46 heavy (non-hydrogen) atoms. The molecule has 5 rings (SSSR count). The highest BCUT2D eigenvalue weighted by Gasteiger charge is 2.17. The van der Waals surface area contributed by atoms with Gasteiger partial charge in [0.2, 0.25) is 0 Å². The third-order valence-electron chi connectivity index (χ3n) is 6.97. The van der Waals surface area contributed by atoms with Gasteiger partial charge in [0.1, 0.15) is 6.54 Å². The Balaban J connectivity index is 0.000000212. The van der Waals surface area contributed by atoms with E-state index in [2.05, 4.69) is 0 Å².